The van der Waals surface area contributed by atoms with Gasteiger partial charge in [0.15, 0.2) is 11.5 Å². The summed E-state index contributed by atoms with van der Waals surface area (Å²) in [5.41, 5.74) is 2.25. The van der Waals surface area contributed by atoms with Gasteiger partial charge >= 0.3 is 0 Å². The van der Waals surface area contributed by atoms with E-state index in [1.165, 1.54) is 0 Å². The normalized spacial score (nSPS) is 11.9. The number of rotatable bonds is 5. The molecule has 0 aliphatic rings. The lowest BCUT2D eigenvalue weighted by molar-refractivity contribution is 0.354. The zero-order valence-electron chi connectivity index (χ0n) is 12.6. The average Bonchev–Trinajstić information content (AvgIpc) is 2.51. The van der Waals surface area contributed by atoms with Crippen molar-refractivity contribution in [3.05, 3.63) is 46.1 Å². The summed E-state index contributed by atoms with van der Waals surface area (Å²) >= 11 is 3.56. The maximum atomic E-state index is 5.34. The van der Waals surface area contributed by atoms with Gasteiger partial charge in [-0.25, -0.2) is 4.98 Å². The predicted octanol–water partition coefficient (Wildman–Crippen LogP) is 4.34. The van der Waals surface area contributed by atoms with E-state index < -0.39 is 0 Å². The highest BCUT2D eigenvalue weighted by molar-refractivity contribution is 9.10. The van der Waals surface area contributed by atoms with Gasteiger partial charge in [-0.3, -0.25) is 0 Å². The van der Waals surface area contributed by atoms with Crippen LogP contribution in [0.15, 0.2) is 34.9 Å². The Kier molecular flexibility index (Phi) is 5.07. The Balaban J connectivity index is 2.24. The Hall–Kier alpha value is -1.75. The molecule has 0 bridgehead atoms. The van der Waals surface area contributed by atoms with Crippen molar-refractivity contribution < 1.29 is 9.47 Å². The van der Waals surface area contributed by atoms with Crippen LogP contribution in [0.25, 0.3) is 0 Å². The molecule has 1 atom stereocenters. The third-order valence-corrected chi connectivity index (χ3v) is 4.34. The summed E-state index contributed by atoms with van der Waals surface area (Å²) in [4.78, 5) is 4.37. The van der Waals surface area contributed by atoms with Crippen molar-refractivity contribution in [3.63, 3.8) is 0 Å². The summed E-state index contributed by atoms with van der Waals surface area (Å²) in [5, 5.41) is 3.40. The number of hydrogen-bond acceptors (Lipinski definition) is 4. The van der Waals surface area contributed by atoms with Gasteiger partial charge < -0.3 is 14.8 Å². The molecule has 0 saturated carbocycles. The number of methoxy groups -OCH3 is 2. The minimum atomic E-state index is 0.0930. The van der Waals surface area contributed by atoms with Gasteiger partial charge in [-0.2, -0.15) is 0 Å². The number of hydrogen-bond donors (Lipinski definition) is 1. The molecule has 0 aliphatic heterocycles. The van der Waals surface area contributed by atoms with E-state index in [-0.39, 0.29) is 6.04 Å². The fourth-order valence-corrected chi connectivity index (χ4v) is 2.40. The number of nitrogens with zero attached hydrogens (tertiary/aromatic N) is 1. The molecule has 2 aromatic rings. The minimum Gasteiger partial charge on any atom is -0.493 e. The lowest BCUT2D eigenvalue weighted by atomic mass is 10.1. The van der Waals surface area contributed by atoms with Crippen molar-refractivity contribution in [3.8, 4) is 11.5 Å². The zero-order valence-corrected chi connectivity index (χ0v) is 14.2. The number of ether oxygens (including phenoxy) is 2. The van der Waals surface area contributed by atoms with Crippen molar-refractivity contribution in [2.75, 3.05) is 19.5 Å². The van der Waals surface area contributed by atoms with Crippen LogP contribution in [0.4, 0.5) is 5.82 Å². The highest BCUT2D eigenvalue weighted by Crippen LogP contribution is 2.32. The third-order valence-electron chi connectivity index (χ3n) is 3.34. The zero-order chi connectivity index (χ0) is 15.4. The van der Waals surface area contributed by atoms with Gasteiger partial charge in [0.2, 0.25) is 0 Å². The Morgan fingerprint density at radius 2 is 1.86 bits per heavy atom. The Bertz CT molecular complexity index is 632. The van der Waals surface area contributed by atoms with Crippen LogP contribution in [0.3, 0.4) is 0 Å². The SMILES string of the molecule is COc1ccc(C(C)Nc2nccc(C)c2Br)cc1OC. The molecule has 112 valence electrons. The van der Waals surface area contributed by atoms with Gasteiger partial charge in [-0.05, 0) is 59.1 Å². The van der Waals surface area contributed by atoms with Crippen LogP contribution in [0.1, 0.15) is 24.1 Å². The monoisotopic (exact) mass is 350 g/mol. The van der Waals surface area contributed by atoms with Crippen LogP contribution in [0.2, 0.25) is 0 Å². The van der Waals surface area contributed by atoms with E-state index in [1.807, 2.05) is 31.2 Å². The molecule has 5 heteroatoms. The molecule has 0 saturated heterocycles. The number of aromatic nitrogens is 1. The highest BCUT2D eigenvalue weighted by Gasteiger charge is 2.12. The predicted molar refractivity (Wildman–Crippen MR) is 88.3 cm³/mol. The van der Waals surface area contributed by atoms with E-state index in [4.69, 9.17) is 9.47 Å². The van der Waals surface area contributed by atoms with Gasteiger partial charge in [0.1, 0.15) is 5.82 Å². The molecular weight excluding hydrogens is 332 g/mol. The van der Waals surface area contributed by atoms with Crippen molar-refractivity contribution in [2.45, 2.75) is 19.9 Å². The first-order valence-corrected chi connectivity index (χ1v) is 7.45. The van der Waals surface area contributed by atoms with E-state index >= 15 is 0 Å². The molecule has 1 aromatic heterocycles. The third kappa shape index (κ3) is 3.47. The van der Waals surface area contributed by atoms with Gasteiger partial charge in [0.25, 0.3) is 0 Å². The maximum absolute atomic E-state index is 5.34. The summed E-state index contributed by atoms with van der Waals surface area (Å²) in [6.45, 7) is 4.12. The number of pyridine rings is 1. The molecule has 1 aromatic carbocycles. The van der Waals surface area contributed by atoms with Crippen molar-refractivity contribution in [1.29, 1.82) is 0 Å². The smallest absolute Gasteiger partial charge is 0.161 e. The second-order valence-corrected chi connectivity index (χ2v) is 5.56. The first kappa shape index (κ1) is 15.6. The summed E-state index contributed by atoms with van der Waals surface area (Å²) in [6.07, 6.45) is 1.80. The second kappa shape index (κ2) is 6.80. The summed E-state index contributed by atoms with van der Waals surface area (Å²) in [6, 6.07) is 7.96. The first-order valence-electron chi connectivity index (χ1n) is 6.66. The molecule has 1 unspecified atom stereocenters. The molecule has 2 rings (SSSR count). The summed E-state index contributed by atoms with van der Waals surface area (Å²) < 4.78 is 11.6. The van der Waals surface area contributed by atoms with Gasteiger partial charge in [-0.15, -0.1) is 0 Å². The molecule has 21 heavy (non-hydrogen) atoms. The van der Waals surface area contributed by atoms with E-state index in [1.54, 1.807) is 20.4 Å². The quantitative estimate of drug-likeness (QED) is 0.870. The molecule has 1 heterocycles. The number of anilines is 1. The molecule has 0 spiro atoms. The van der Waals surface area contributed by atoms with Crippen molar-refractivity contribution in [1.82, 2.24) is 4.98 Å². The first-order chi connectivity index (χ1) is 10.1. The van der Waals surface area contributed by atoms with Crippen molar-refractivity contribution >= 4 is 21.7 Å². The number of halogens is 1. The Morgan fingerprint density at radius 3 is 2.52 bits per heavy atom. The van der Waals surface area contributed by atoms with Crippen LogP contribution < -0.4 is 14.8 Å². The largest absolute Gasteiger partial charge is 0.493 e. The molecule has 1 N–H and O–H groups in total. The molecule has 0 amide bonds. The molecule has 0 radical (unpaired) electrons. The average molecular weight is 351 g/mol. The van der Waals surface area contributed by atoms with Gasteiger partial charge in [-0.1, -0.05) is 6.07 Å². The van der Waals surface area contributed by atoms with E-state index in [9.17, 15) is 0 Å². The summed E-state index contributed by atoms with van der Waals surface area (Å²) in [5.74, 6) is 2.28. The minimum absolute atomic E-state index is 0.0930. The van der Waals surface area contributed by atoms with Crippen LogP contribution in [-0.2, 0) is 0 Å². The van der Waals surface area contributed by atoms with Gasteiger partial charge in [0, 0.05) is 6.20 Å². The maximum Gasteiger partial charge on any atom is 0.161 e. The molecule has 0 aliphatic carbocycles. The molecule has 4 nitrogen and oxygen atoms in total. The van der Waals surface area contributed by atoms with E-state index in [2.05, 4.69) is 33.2 Å². The van der Waals surface area contributed by atoms with E-state index in [0.717, 1.165) is 32.9 Å². The fourth-order valence-electron chi connectivity index (χ4n) is 2.05. The van der Waals surface area contributed by atoms with Crippen LogP contribution in [0, 0.1) is 6.92 Å². The fraction of sp³-hybridized carbons (Fsp3) is 0.312. The lowest BCUT2D eigenvalue weighted by Crippen LogP contribution is -2.09. The van der Waals surface area contributed by atoms with Crippen LogP contribution in [0.5, 0.6) is 11.5 Å². The number of nitrogens with one attached hydrogen (secondary N) is 1. The molecular formula is C16H19BrN2O2. The summed E-state index contributed by atoms with van der Waals surface area (Å²) in [7, 11) is 3.27. The second-order valence-electron chi connectivity index (χ2n) is 4.77. The van der Waals surface area contributed by atoms with Crippen LogP contribution in [-0.4, -0.2) is 19.2 Å². The topological polar surface area (TPSA) is 43.4 Å². The Morgan fingerprint density at radius 1 is 1.14 bits per heavy atom. The van der Waals surface area contributed by atoms with Crippen molar-refractivity contribution in [2.24, 2.45) is 0 Å². The molecule has 0 fully saturated rings. The Labute approximate surface area is 133 Å². The highest BCUT2D eigenvalue weighted by atomic mass is 79.9. The number of aryl methyl sites for hydroxylation is 1. The number of benzene rings is 1. The lowest BCUT2D eigenvalue weighted by Gasteiger charge is -2.18. The van der Waals surface area contributed by atoms with Crippen LogP contribution >= 0.6 is 15.9 Å². The standard InChI is InChI=1S/C16H19BrN2O2/c1-10-7-8-18-16(15(10)17)19-11(2)12-5-6-13(20-3)14(9-12)21-4/h5-9,11H,1-4H3,(H,18,19). The van der Waals surface area contributed by atoms with Gasteiger partial charge in [0.05, 0.1) is 24.7 Å². The van der Waals surface area contributed by atoms with E-state index in [0.29, 0.717) is 0 Å².